The third kappa shape index (κ3) is 2.21. The maximum Gasteiger partial charge on any atom is 0.408 e. The molecule has 0 bridgehead atoms. The summed E-state index contributed by atoms with van der Waals surface area (Å²) in [6.07, 6.45) is 2.13. The lowest BCUT2D eigenvalue weighted by molar-refractivity contribution is -0.208. The molecular weight excluding hydrogens is 270 g/mol. The summed E-state index contributed by atoms with van der Waals surface area (Å²) in [5, 5.41) is 22.5. The Hall–Kier alpha value is -1.59. The van der Waals surface area contributed by atoms with Crippen LogP contribution in [-0.4, -0.2) is 34.6 Å². The van der Waals surface area contributed by atoms with E-state index in [1.807, 2.05) is 30.3 Å². The van der Waals surface area contributed by atoms with Crippen molar-refractivity contribution in [3.8, 4) is 0 Å². The monoisotopic (exact) mass is 291 g/mol. The van der Waals surface area contributed by atoms with Crippen LogP contribution in [0.25, 0.3) is 0 Å². The molecule has 3 N–H and O–H groups in total. The van der Waals surface area contributed by atoms with E-state index in [1.165, 1.54) is 0 Å². The van der Waals surface area contributed by atoms with Gasteiger partial charge < -0.3 is 20.3 Å². The number of alkyl carbamates (subject to hydrolysis) is 1. The van der Waals surface area contributed by atoms with Gasteiger partial charge in [0.15, 0.2) is 0 Å². The molecule has 0 saturated heterocycles. The molecule has 1 aromatic carbocycles. The molecule has 0 unspecified atom stereocenters. The number of carbonyl (C=O) groups is 1. The molecule has 5 heteroatoms. The lowest BCUT2D eigenvalue weighted by Gasteiger charge is -2.66. The molecule has 0 aliphatic heterocycles. The number of carbonyl (C=O) groups excluding carboxylic acids is 1. The first-order valence-corrected chi connectivity index (χ1v) is 7.40. The van der Waals surface area contributed by atoms with Gasteiger partial charge in [0.2, 0.25) is 0 Å². The molecule has 1 aromatic rings. The fourth-order valence-corrected chi connectivity index (χ4v) is 3.68. The Morgan fingerprint density at radius 3 is 2.57 bits per heavy atom. The quantitative estimate of drug-likeness (QED) is 0.787. The summed E-state index contributed by atoms with van der Waals surface area (Å²) in [6.45, 7) is 0.0359. The minimum atomic E-state index is -0.724. The van der Waals surface area contributed by atoms with E-state index < -0.39 is 17.7 Å². The number of rotatable bonds is 4. The number of aliphatic hydroxyl groups excluding tert-OH is 2. The van der Waals surface area contributed by atoms with Gasteiger partial charge >= 0.3 is 6.09 Å². The Kier molecular flexibility index (Phi) is 3.63. The molecule has 2 saturated carbocycles. The first kappa shape index (κ1) is 14.4. The number of aliphatic hydroxyl groups is 2. The van der Waals surface area contributed by atoms with Crippen LogP contribution in [0, 0.1) is 5.41 Å². The molecule has 0 aromatic heterocycles. The predicted molar refractivity (Wildman–Crippen MR) is 76.5 cm³/mol. The van der Waals surface area contributed by atoms with Gasteiger partial charge in [0.25, 0.3) is 0 Å². The van der Waals surface area contributed by atoms with Crippen LogP contribution in [0.5, 0.6) is 0 Å². The summed E-state index contributed by atoms with van der Waals surface area (Å²) in [5.74, 6) is 0. The topological polar surface area (TPSA) is 78.8 Å². The fraction of sp³-hybridized carbons (Fsp3) is 0.562. The molecule has 2 aliphatic carbocycles. The van der Waals surface area contributed by atoms with Gasteiger partial charge in [-0.05, 0) is 18.4 Å². The number of ether oxygens (including phenoxy) is 1. The minimum Gasteiger partial charge on any atom is -0.445 e. The zero-order valence-electron chi connectivity index (χ0n) is 11.9. The molecule has 2 aliphatic rings. The third-order valence-electron chi connectivity index (χ3n) is 5.20. The second-order valence-corrected chi connectivity index (χ2v) is 6.16. The van der Waals surface area contributed by atoms with Crippen molar-refractivity contribution in [3.63, 3.8) is 0 Å². The molecule has 114 valence electrons. The van der Waals surface area contributed by atoms with E-state index in [1.54, 1.807) is 0 Å². The second-order valence-electron chi connectivity index (χ2n) is 6.16. The van der Waals surface area contributed by atoms with Crippen molar-refractivity contribution >= 4 is 6.09 Å². The summed E-state index contributed by atoms with van der Waals surface area (Å²) in [4.78, 5) is 12.0. The van der Waals surface area contributed by atoms with Crippen molar-refractivity contribution in [2.45, 2.75) is 43.9 Å². The van der Waals surface area contributed by atoms with Gasteiger partial charge in [0.1, 0.15) is 6.61 Å². The summed E-state index contributed by atoms with van der Waals surface area (Å²) in [6, 6.07) is 9.45. The van der Waals surface area contributed by atoms with E-state index in [0.717, 1.165) is 24.8 Å². The molecule has 1 spiro atoms. The first-order chi connectivity index (χ1) is 10.1. The average molecular weight is 291 g/mol. The third-order valence-corrected chi connectivity index (χ3v) is 5.20. The Balaban J connectivity index is 1.59. The van der Waals surface area contributed by atoms with E-state index in [4.69, 9.17) is 4.74 Å². The standard InChI is InChI=1S/C16H21NO4/c18-11-16(9-13(19)15(16)7-4-8-15)17-14(20)21-10-12-5-2-1-3-6-12/h1-3,5-6,13,18-19H,4,7-11H2,(H,17,20)/t13-,16+/m0/s1. The SMILES string of the molecule is O=C(N[C@@]1(CO)C[C@H](O)C12CCC2)OCc1ccccc1. The highest BCUT2D eigenvalue weighted by molar-refractivity contribution is 5.69. The Bertz CT molecular complexity index is 514. The smallest absolute Gasteiger partial charge is 0.408 e. The summed E-state index contributed by atoms with van der Waals surface area (Å²) in [7, 11) is 0. The normalized spacial score (nSPS) is 29.3. The molecule has 2 atom stereocenters. The lowest BCUT2D eigenvalue weighted by atomic mass is 9.44. The van der Waals surface area contributed by atoms with E-state index in [9.17, 15) is 15.0 Å². The minimum absolute atomic E-state index is 0.162. The lowest BCUT2D eigenvalue weighted by Crippen LogP contribution is -2.78. The van der Waals surface area contributed by atoms with Crippen LogP contribution in [-0.2, 0) is 11.3 Å². The van der Waals surface area contributed by atoms with E-state index in [-0.39, 0.29) is 18.6 Å². The molecular formula is C16H21NO4. The van der Waals surface area contributed by atoms with Gasteiger partial charge in [0, 0.05) is 11.8 Å². The van der Waals surface area contributed by atoms with Crippen LogP contribution in [0.2, 0.25) is 0 Å². The average Bonchev–Trinajstić information content (AvgIpc) is 2.43. The van der Waals surface area contributed by atoms with Crippen molar-refractivity contribution in [2.75, 3.05) is 6.61 Å². The Morgan fingerprint density at radius 2 is 2.05 bits per heavy atom. The second kappa shape index (κ2) is 5.31. The number of amides is 1. The van der Waals surface area contributed by atoms with E-state index in [0.29, 0.717) is 6.42 Å². The van der Waals surface area contributed by atoms with Crippen molar-refractivity contribution < 1.29 is 19.7 Å². The van der Waals surface area contributed by atoms with Gasteiger partial charge in [0.05, 0.1) is 18.2 Å². The zero-order chi connectivity index (χ0) is 14.9. The summed E-state index contributed by atoms with van der Waals surface area (Å²) < 4.78 is 5.22. The van der Waals surface area contributed by atoms with Crippen LogP contribution in [0.3, 0.4) is 0 Å². The molecule has 2 fully saturated rings. The summed E-state index contributed by atoms with van der Waals surface area (Å²) >= 11 is 0. The van der Waals surface area contributed by atoms with Gasteiger partial charge in [-0.15, -0.1) is 0 Å². The van der Waals surface area contributed by atoms with Gasteiger partial charge in [-0.25, -0.2) is 4.79 Å². The number of benzene rings is 1. The highest BCUT2D eigenvalue weighted by Crippen LogP contribution is 2.61. The van der Waals surface area contributed by atoms with Crippen molar-refractivity contribution in [3.05, 3.63) is 35.9 Å². The number of hydrogen-bond donors (Lipinski definition) is 3. The molecule has 5 nitrogen and oxygen atoms in total. The highest BCUT2D eigenvalue weighted by Gasteiger charge is 2.68. The van der Waals surface area contributed by atoms with Gasteiger partial charge in [-0.2, -0.15) is 0 Å². The number of hydrogen-bond acceptors (Lipinski definition) is 4. The van der Waals surface area contributed by atoms with Crippen LogP contribution < -0.4 is 5.32 Å². The van der Waals surface area contributed by atoms with Crippen molar-refractivity contribution in [1.82, 2.24) is 5.32 Å². The molecule has 0 heterocycles. The van der Waals surface area contributed by atoms with Gasteiger partial charge in [-0.3, -0.25) is 0 Å². The largest absolute Gasteiger partial charge is 0.445 e. The zero-order valence-corrected chi connectivity index (χ0v) is 11.9. The van der Waals surface area contributed by atoms with Crippen LogP contribution in [0.15, 0.2) is 30.3 Å². The van der Waals surface area contributed by atoms with Crippen LogP contribution in [0.4, 0.5) is 4.79 Å². The maximum atomic E-state index is 12.0. The Morgan fingerprint density at radius 1 is 1.33 bits per heavy atom. The molecule has 21 heavy (non-hydrogen) atoms. The molecule has 1 amide bonds. The maximum absolute atomic E-state index is 12.0. The van der Waals surface area contributed by atoms with Crippen molar-refractivity contribution in [1.29, 1.82) is 0 Å². The Labute approximate surface area is 123 Å². The van der Waals surface area contributed by atoms with Crippen LogP contribution >= 0.6 is 0 Å². The van der Waals surface area contributed by atoms with Crippen LogP contribution in [0.1, 0.15) is 31.2 Å². The van der Waals surface area contributed by atoms with E-state index in [2.05, 4.69) is 5.32 Å². The summed E-state index contributed by atoms with van der Waals surface area (Å²) in [5.41, 5.74) is -0.163. The molecule has 0 radical (unpaired) electrons. The highest BCUT2D eigenvalue weighted by atomic mass is 16.5. The first-order valence-electron chi connectivity index (χ1n) is 7.40. The molecule has 3 rings (SSSR count). The van der Waals surface area contributed by atoms with E-state index >= 15 is 0 Å². The van der Waals surface area contributed by atoms with Crippen molar-refractivity contribution in [2.24, 2.45) is 5.41 Å². The number of nitrogens with one attached hydrogen (secondary N) is 1. The van der Waals surface area contributed by atoms with Gasteiger partial charge in [-0.1, -0.05) is 36.8 Å². The predicted octanol–water partition coefficient (Wildman–Crippen LogP) is 1.58. The fourth-order valence-electron chi connectivity index (χ4n) is 3.68.